The number of rotatable bonds is 0. The Labute approximate surface area is 81.1 Å². The van der Waals surface area contributed by atoms with Crippen LogP contribution < -0.4 is 5.63 Å². The first kappa shape index (κ1) is 8.44. The molecule has 2 rings (SSSR count). The molecule has 1 heterocycles. The third kappa shape index (κ3) is 1.49. The summed E-state index contributed by atoms with van der Waals surface area (Å²) in [6, 6.07) is 5.65. The summed E-state index contributed by atoms with van der Waals surface area (Å²) in [7, 11) is 0. The summed E-state index contributed by atoms with van der Waals surface area (Å²) in [5.41, 5.74) is -0.244. The molecule has 2 nitrogen and oxygen atoms in total. The van der Waals surface area contributed by atoms with Gasteiger partial charge in [-0.25, -0.2) is 9.18 Å². The minimum Gasteiger partial charge on any atom is -0.422 e. The van der Waals surface area contributed by atoms with Gasteiger partial charge in [0.1, 0.15) is 15.9 Å². The second-order valence-corrected chi connectivity index (χ2v) is 3.42. The molecule has 0 aliphatic rings. The van der Waals surface area contributed by atoms with Gasteiger partial charge in [0.05, 0.1) is 0 Å². The second kappa shape index (κ2) is 2.96. The summed E-state index contributed by atoms with van der Waals surface area (Å²) in [6.07, 6.45) is 0. The molecule has 0 amide bonds. The normalized spacial score (nSPS) is 10.6. The highest BCUT2D eigenvalue weighted by atomic mass is 79.9. The van der Waals surface area contributed by atoms with Crippen molar-refractivity contribution >= 4 is 26.9 Å². The predicted molar refractivity (Wildman–Crippen MR) is 50.1 cm³/mol. The Morgan fingerprint density at radius 2 is 2.08 bits per heavy atom. The SMILES string of the molecule is O=c1oc2cc(F)ccc2cc1Br. The highest BCUT2D eigenvalue weighted by molar-refractivity contribution is 9.10. The van der Waals surface area contributed by atoms with Crippen molar-refractivity contribution in [3.8, 4) is 0 Å². The van der Waals surface area contributed by atoms with E-state index >= 15 is 0 Å². The van der Waals surface area contributed by atoms with E-state index in [0.717, 1.165) is 0 Å². The summed E-state index contributed by atoms with van der Waals surface area (Å²) in [6.45, 7) is 0. The third-order valence-corrected chi connectivity index (χ3v) is 2.21. The lowest BCUT2D eigenvalue weighted by molar-refractivity contribution is 0.550. The Morgan fingerprint density at radius 3 is 2.85 bits per heavy atom. The second-order valence-electron chi connectivity index (χ2n) is 2.56. The summed E-state index contributed by atoms with van der Waals surface area (Å²) in [4.78, 5) is 11.0. The first-order chi connectivity index (χ1) is 6.16. The minimum absolute atomic E-state index is 0.258. The van der Waals surface area contributed by atoms with E-state index in [4.69, 9.17) is 4.42 Å². The van der Waals surface area contributed by atoms with Crippen molar-refractivity contribution in [1.82, 2.24) is 0 Å². The van der Waals surface area contributed by atoms with E-state index in [2.05, 4.69) is 15.9 Å². The van der Waals surface area contributed by atoms with Gasteiger partial charge in [-0.15, -0.1) is 0 Å². The van der Waals surface area contributed by atoms with E-state index in [1.807, 2.05) is 0 Å². The van der Waals surface area contributed by atoms with Crippen LogP contribution in [0.5, 0.6) is 0 Å². The molecule has 1 aromatic carbocycles. The lowest BCUT2D eigenvalue weighted by atomic mass is 10.2. The molecule has 0 atom stereocenters. The first-order valence-electron chi connectivity index (χ1n) is 3.56. The zero-order valence-corrected chi connectivity index (χ0v) is 7.97. The molecule has 0 bridgehead atoms. The molecule has 0 fully saturated rings. The standard InChI is InChI=1S/C9H4BrFO2/c10-7-3-5-1-2-6(11)4-8(5)13-9(7)12/h1-4H. The molecule has 0 radical (unpaired) electrons. The van der Waals surface area contributed by atoms with Crippen molar-refractivity contribution < 1.29 is 8.81 Å². The van der Waals surface area contributed by atoms with Gasteiger partial charge in [-0.1, -0.05) is 0 Å². The van der Waals surface area contributed by atoms with Crippen LogP contribution in [-0.2, 0) is 0 Å². The molecule has 0 aliphatic carbocycles. The fraction of sp³-hybridized carbons (Fsp3) is 0. The molecule has 0 unspecified atom stereocenters. The van der Waals surface area contributed by atoms with Crippen molar-refractivity contribution in [3.63, 3.8) is 0 Å². The van der Waals surface area contributed by atoms with Gasteiger partial charge in [-0.2, -0.15) is 0 Å². The number of hydrogen-bond acceptors (Lipinski definition) is 2. The maximum Gasteiger partial charge on any atom is 0.350 e. The van der Waals surface area contributed by atoms with Crippen LogP contribution in [0.4, 0.5) is 4.39 Å². The molecule has 0 spiro atoms. The lowest BCUT2D eigenvalue weighted by Gasteiger charge is -1.96. The highest BCUT2D eigenvalue weighted by Gasteiger charge is 2.02. The van der Waals surface area contributed by atoms with Crippen molar-refractivity contribution in [1.29, 1.82) is 0 Å². The highest BCUT2D eigenvalue weighted by Crippen LogP contribution is 2.16. The lowest BCUT2D eigenvalue weighted by Crippen LogP contribution is -1.98. The third-order valence-electron chi connectivity index (χ3n) is 1.66. The molecule has 0 saturated carbocycles. The Balaban J connectivity index is 2.89. The van der Waals surface area contributed by atoms with Gasteiger partial charge >= 0.3 is 5.63 Å². The average Bonchev–Trinajstić information content (AvgIpc) is 2.08. The van der Waals surface area contributed by atoms with E-state index < -0.39 is 11.4 Å². The van der Waals surface area contributed by atoms with E-state index in [-0.39, 0.29) is 5.58 Å². The fourth-order valence-electron chi connectivity index (χ4n) is 1.06. The Hall–Kier alpha value is -1.16. The Bertz CT molecular complexity index is 518. The van der Waals surface area contributed by atoms with Gasteiger partial charge < -0.3 is 4.42 Å². The summed E-state index contributed by atoms with van der Waals surface area (Å²) >= 11 is 3.03. The van der Waals surface area contributed by atoms with Crippen molar-refractivity contribution in [2.75, 3.05) is 0 Å². The van der Waals surface area contributed by atoms with Crippen molar-refractivity contribution in [2.24, 2.45) is 0 Å². The van der Waals surface area contributed by atoms with E-state index in [1.54, 1.807) is 12.1 Å². The smallest absolute Gasteiger partial charge is 0.350 e. The zero-order valence-electron chi connectivity index (χ0n) is 6.38. The molecule has 0 aliphatic heterocycles. The topological polar surface area (TPSA) is 30.2 Å². The van der Waals surface area contributed by atoms with Gasteiger partial charge in [0, 0.05) is 11.5 Å². The monoisotopic (exact) mass is 242 g/mol. The van der Waals surface area contributed by atoms with Crippen LogP contribution in [0.15, 0.2) is 37.9 Å². The van der Waals surface area contributed by atoms with E-state index in [1.165, 1.54) is 12.1 Å². The fourth-order valence-corrected chi connectivity index (χ4v) is 1.39. The predicted octanol–water partition coefficient (Wildman–Crippen LogP) is 2.69. The molecule has 2 aromatic rings. The van der Waals surface area contributed by atoms with Crippen LogP contribution in [0.2, 0.25) is 0 Å². The van der Waals surface area contributed by atoms with Crippen LogP contribution in [-0.4, -0.2) is 0 Å². The van der Waals surface area contributed by atoms with Gasteiger partial charge in [-0.05, 0) is 34.1 Å². The summed E-state index contributed by atoms with van der Waals surface area (Å²) in [5.74, 6) is -0.419. The van der Waals surface area contributed by atoms with Crippen LogP contribution in [0, 0.1) is 5.82 Å². The molecule has 4 heteroatoms. The van der Waals surface area contributed by atoms with Crippen LogP contribution >= 0.6 is 15.9 Å². The molecular formula is C9H4BrFO2. The zero-order chi connectivity index (χ0) is 9.42. The summed E-state index contributed by atoms with van der Waals surface area (Å²) in [5, 5.41) is 0.688. The van der Waals surface area contributed by atoms with Crippen LogP contribution in [0.3, 0.4) is 0 Å². The number of benzene rings is 1. The summed E-state index contributed by atoms with van der Waals surface area (Å²) < 4.78 is 17.9. The number of fused-ring (bicyclic) bond motifs is 1. The van der Waals surface area contributed by atoms with Crippen molar-refractivity contribution in [3.05, 3.63) is 45.0 Å². The van der Waals surface area contributed by atoms with Gasteiger partial charge in [0.2, 0.25) is 0 Å². The molecule has 66 valence electrons. The van der Waals surface area contributed by atoms with Gasteiger partial charge in [0.25, 0.3) is 0 Å². The maximum absolute atomic E-state index is 12.7. The molecule has 13 heavy (non-hydrogen) atoms. The average molecular weight is 243 g/mol. The molecule has 1 aromatic heterocycles. The van der Waals surface area contributed by atoms with Gasteiger partial charge in [-0.3, -0.25) is 0 Å². The van der Waals surface area contributed by atoms with E-state index in [9.17, 15) is 9.18 Å². The minimum atomic E-state index is -0.502. The number of hydrogen-bond donors (Lipinski definition) is 0. The quantitative estimate of drug-likeness (QED) is 0.666. The number of halogens is 2. The van der Waals surface area contributed by atoms with Gasteiger partial charge in [0.15, 0.2) is 0 Å². The van der Waals surface area contributed by atoms with E-state index in [0.29, 0.717) is 9.86 Å². The largest absolute Gasteiger partial charge is 0.422 e. The van der Waals surface area contributed by atoms with Crippen LogP contribution in [0.1, 0.15) is 0 Å². The Morgan fingerprint density at radius 1 is 1.31 bits per heavy atom. The molecule has 0 saturated heterocycles. The molecular weight excluding hydrogens is 239 g/mol. The molecule has 0 N–H and O–H groups in total. The van der Waals surface area contributed by atoms with Crippen molar-refractivity contribution in [2.45, 2.75) is 0 Å². The Kier molecular flexibility index (Phi) is 1.92. The van der Waals surface area contributed by atoms with Crippen LogP contribution in [0.25, 0.3) is 11.0 Å². The first-order valence-corrected chi connectivity index (χ1v) is 4.35. The maximum atomic E-state index is 12.7.